The molecule has 1 aliphatic heterocycles. The summed E-state index contributed by atoms with van der Waals surface area (Å²) < 4.78 is 1.67. The van der Waals surface area contributed by atoms with Crippen LogP contribution in [-0.4, -0.2) is 26.4 Å². The predicted molar refractivity (Wildman–Crippen MR) is 67.8 cm³/mol. The Hall–Kier alpha value is -0.190. The molecule has 0 bridgehead atoms. The number of aliphatic hydroxyl groups is 1. The van der Waals surface area contributed by atoms with E-state index in [1.807, 2.05) is 18.8 Å². The van der Waals surface area contributed by atoms with E-state index < -0.39 is 6.10 Å². The molecule has 1 saturated heterocycles. The molecular formula is C11H17ClN2OS. The van der Waals surface area contributed by atoms with Gasteiger partial charge in [-0.1, -0.05) is 11.6 Å². The van der Waals surface area contributed by atoms with Gasteiger partial charge in [-0.3, -0.25) is 4.68 Å². The maximum Gasteiger partial charge on any atom is 0.0974 e. The van der Waals surface area contributed by atoms with Crippen LogP contribution in [0.5, 0.6) is 0 Å². The summed E-state index contributed by atoms with van der Waals surface area (Å²) in [6, 6.07) is 0. The van der Waals surface area contributed by atoms with Gasteiger partial charge in [0, 0.05) is 7.05 Å². The van der Waals surface area contributed by atoms with Crippen molar-refractivity contribution < 1.29 is 5.11 Å². The molecule has 3 nitrogen and oxygen atoms in total. The van der Waals surface area contributed by atoms with Crippen molar-refractivity contribution in [2.24, 2.45) is 13.0 Å². The third kappa shape index (κ3) is 2.73. The van der Waals surface area contributed by atoms with Crippen LogP contribution in [0.2, 0.25) is 5.02 Å². The molecule has 0 aromatic carbocycles. The number of aryl methyl sites for hydroxylation is 1. The number of thioether (sulfide) groups is 1. The van der Waals surface area contributed by atoms with E-state index in [4.69, 9.17) is 11.6 Å². The van der Waals surface area contributed by atoms with Crippen LogP contribution in [0, 0.1) is 5.92 Å². The van der Waals surface area contributed by atoms with Gasteiger partial charge in [0.05, 0.1) is 23.0 Å². The molecule has 2 rings (SSSR count). The molecule has 0 amide bonds. The minimum atomic E-state index is -0.479. The molecule has 1 aromatic rings. The van der Waals surface area contributed by atoms with Crippen LogP contribution in [0.15, 0.2) is 6.20 Å². The van der Waals surface area contributed by atoms with Crippen LogP contribution in [0.25, 0.3) is 0 Å². The Bertz CT molecular complexity index is 330. The Kier molecular flexibility index (Phi) is 4.16. The lowest BCUT2D eigenvalue weighted by molar-refractivity contribution is 0.132. The van der Waals surface area contributed by atoms with Gasteiger partial charge < -0.3 is 5.11 Å². The van der Waals surface area contributed by atoms with Gasteiger partial charge >= 0.3 is 0 Å². The highest BCUT2D eigenvalue weighted by Gasteiger charge is 2.22. The SMILES string of the molecule is Cn1ncc(Cl)c1C(O)CC1CCSCC1. The molecule has 90 valence electrons. The van der Waals surface area contributed by atoms with Crippen molar-refractivity contribution in [2.45, 2.75) is 25.4 Å². The fraction of sp³-hybridized carbons (Fsp3) is 0.727. The highest BCUT2D eigenvalue weighted by atomic mass is 35.5. The number of hydrogen-bond acceptors (Lipinski definition) is 3. The molecule has 0 saturated carbocycles. The first-order valence-corrected chi connectivity index (χ1v) is 7.15. The summed E-state index contributed by atoms with van der Waals surface area (Å²) >= 11 is 8.01. The molecular weight excluding hydrogens is 244 g/mol. The van der Waals surface area contributed by atoms with E-state index in [1.54, 1.807) is 10.9 Å². The van der Waals surface area contributed by atoms with Gasteiger partial charge in [-0.15, -0.1) is 0 Å². The highest BCUT2D eigenvalue weighted by molar-refractivity contribution is 7.99. The van der Waals surface area contributed by atoms with Crippen molar-refractivity contribution in [2.75, 3.05) is 11.5 Å². The average Bonchev–Trinajstić information content (AvgIpc) is 2.60. The van der Waals surface area contributed by atoms with E-state index in [2.05, 4.69) is 5.10 Å². The van der Waals surface area contributed by atoms with Gasteiger partial charge in [-0.05, 0) is 36.7 Å². The van der Waals surface area contributed by atoms with E-state index in [-0.39, 0.29) is 0 Å². The number of nitrogens with zero attached hydrogens (tertiary/aromatic N) is 2. The average molecular weight is 261 g/mol. The third-order valence-electron chi connectivity index (χ3n) is 3.15. The number of hydrogen-bond donors (Lipinski definition) is 1. The van der Waals surface area contributed by atoms with E-state index in [0.717, 1.165) is 12.1 Å². The quantitative estimate of drug-likeness (QED) is 0.908. The van der Waals surface area contributed by atoms with Crippen LogP contribution < -0.4 is 0 Å². The van der Waals surface area contributed by atoms with E-state index in [9.17, 15) is 5.11 Å². The van der Waals surface area contributed by atoms with Crippen molar-refractivity contribution in [3.05, 3.63) is 16.9 Å². The zero-order chi connectivity index (χ0) is 11.5. The van der Waals surface area contributed by atoms with Gasteiger partial charge in [0.2, 0.25) is 0 Å². The Balaban J connectivity index is 1.99. The second-order valence-corrected chi connectivity index (χ2v) is 5.94. The Morgan fingerprint density at radius 2 is 2.31 bits per heavy atom. The lowest BCUT2D eigenvalue weighted by Crippen LogP contribution is -2.15. The standard InChI is InChI=1S/C11H17ClN2OS/c1-14-11(9(12)7-13-14)10(15)6-8-2-4-16-5-3-8/h7-8,10,15H,2-6H2,1H3. The summed E-state index contributed by atoms with van der Waals surface area (Å²) in [6.07, 6.45) is 4.33. The molecule has 2 heterocycles. The van der Waals surface area contributed by atoms with E-state index in [0.29, 0.717) is 10.9 Å². The van der Waals surface area contributed by atoms with Crippen molar-refractivity contribution in [1.29, 1.82) is 0 Å². The van der Waals surface area contributed by atoms with Crippen molar-refractivity contribution in [1.82, 2.24) is 9.78 Å². The summed E-state index contributed by atoms with van der Waals surface area (Å²) in [7, 11) is 1.82. The van der Waals surface area contributed by atoms with Gasteiger partial charge in [-0.2, -0.15) is 16.9 Å². The minimum absolute atomic E-state index is 0.479. The van der Waals surface area contributed by atoms with Crippen molar-refractivity contribution >= 4 is 23.4 Å². The van der Waals surface area contributed by atoms with Crippen LogP contribution in [0.3, 0.4) is 0 Å². The summed E-state index contributed by atoms with van der Waals surface area (Å²) in [5.74, 6) is 3.06. The lowest BCUT2D eigenvalue weighted by Gasteiger charge is -2.23. The largest absolute Gasteiger partial charge is 0.387 e. The third-order valence-corrected chi connectivity index (χ3v) is 4.49. The van der Waals surface area contributed by atoms with Crippen LogP contribution >= 0.6 is 23.4 Å². The molecule has 0 spiro atoms. The van der Waals surface area contributed by atoms with Gasteiger partial charge in [0.15, 0.2) is 0 Å². The number of halogens is 1. The van der Waals surface area contributed by atoms with Crippen molar-refractivity contribution in [3.63, 3.8) is 0 Å². The summed E-state index contributed by atoms with van der Waals surface area (Å²) in [6.45, 7) is 0. The second kappa shape index (κ2) is 5.43. The molecule has 1 atom stereocenters. The topological polar surface area (TPSA) is 38.0 Å². The molecule has 1 aliphatic rings. The summed E-state index contributed by atoms with van der Waals surface area (Å²) in [4.78, 5) is 0. The lowest BCUT2D eigenvalue weighted by atomic mass is 9.94. The van der Waals surface area contributed by atoms with Crippen LogP contribution in [0.1, 0.15) is 31.1 Å². The second-order valence-electron chi connectivity index (χ2n) is 4.31. The van der Waals surface area contributed by atoms with E-state index >= 15 is 0 Å². The molecule has 1 N–H and O–H groups in total. The first kappa shape index (κ1) is 12.3. The van der Waals surface area contributed by atoms with Gasteiger partial charge in [-0.25, -0.2) is 0 Å². The molecule has 16 heavy (non-hydrogen) atoms. The van der Waals surface area contributed by atoms with Crippen molar-refractivity contribution in [3.8, 4) is 0 Å². The summed E-state index contributed by atoms with van der Waals surface area (Å²) in [5, 5.41) is 14.8. The number of aliphatic hydroxyl groups excluding tert-OH is 1. The minimum Gasteiger partial charge on any atom is -0.387 e. The zero-order valence-corrected chi connectivity index (χ0v) is 11.0. The first-order chi connectivity index (χ1) is 7.68. The Morgan fingerprint density at radius 1 is 1.62 bits per heavy atom. The van der Waals surface area contributed by atoms with Crippen LogP contribution in [-0.2, 0) is 7.05 Å². The molecule has 5 heteroatoms. The fourth-order valence-corrected chi connectivity index (χ4v) is 3.70. The zero-order valence-electron chi connectivity index (χ0n) is 9.40. The molecule has 0 aliphatic carbocycles. The Morgan fingerprint density at radius 3 is 2.88 bits per heavy atom. The smallest absolute Gasteiger partial charge is 0.0974 e. The molecule has 1 aromatic heterocycles. The predicted octanol–water partition coefficient (Wildman–Crippen LogP) is 2.64. The summed E-state index contributed by atoms with van der Waals surface area (Å²) in [5.41, 5.74) is 0.750. The molecule has 1 fully saturated rings. The monoisotopic (exact) mass is 260 g/mol. The Labute approximate surface area is 105 Å². The maximum atomic E-state index is 10.2. The maximum absolute atomic E-state index is 10.2. The first-order valence-electron chi connectivity index (χ1n) is 5.61. The number of aromatic nitrogens is 2. The van der Waals surface area contributed by atoms with Crippen LogP contribution in [0.4, 0.5) is 0 Å². The number of rotatable bonds is 3. The van der Waals surface area contributed by atoms with Gasteiger partial charge in [0.25, 0.3) is 0 Å². The normalized spacial score (nSPS) is 19.9. The highest BCUT2D eigenvalue weighted by Crippen LogP contribution is 2.32. The van der Waals surface area contributed by atoms with E-state index in [1.165, 1.54) is 24.3 Å². The molecule has 0 radical (unpaired) electrons. The van der Waals surface area contributed by atoms with Gasteiger partial charge in [0.1, 0.15) is 0 Å². The fourth-order valence-electron chi connectivity index (χ4n) is 2.20. The molecule has 1 unspecified atom stereocenters.